The lowest BCUT2D eigenvalue weighted by molar-refractivity contribution is 0.122. The molecule has 4 aromatic heterocycles. The van der Waals surface area contributed by atoms with Gasteiger partial charge in [0.2, 0.25) is 11.9 Å². The number of aromatic amines is 1. The maximum Gasteiger partial charge on any atom is 0.260 e. The first-order valence-electron chi connectivity index (χ1n) is 16.1. The molecule has 7 heterocycles. The molecule has 0 bridgehead atoms. The minimum Gasteiger partial charge on any atom is -0.378 e. The maximum atomic E-state index is 11.9. The Labute approximate surface area is 282 Å². The van der Waals surface area contributed by atoms with E-state index in [2.05, 4.69) is 66.1 Å². The molecule has 3 saturated heterocycles. The van der Waals surface area contributed by atoms with Crippen LogP contribution in [0.2, 0.25) is 0 Å². The zero-order valence-electron chi connectivity index (χ0n) is 25.9. The summed E-state index contributed by atoms with van der Waals surface area (Å²) in [5.74, 6) is 3.09. The molecule has 0 radical (unpaired) electrons. The van der Waals surface area contributed by atoms with Crippen LogP contribution in [0, 0.1) is 5.92 Å². The fourth-order valence-electron chi connectivity index (χ4n) is 6.37. The Morgan fingerprint density at radius 3 is 2.08 bits per heavy atom. The van der Waals surface area contributed by atoms with Gasteiger partial charge in [-0.1, -0.05) is 45.2 Å². The second-order valence-electron chi connectivity index (χ2n) is 11.9. The molecule has 3 aliphatic rings. The molecule has 0 saturated carbocycles. The van der Waals surface area contributed by atoms with Gasteiger partial charge in [-0.25, -0.2) is 9.97 Å². The third kappa shape index (κ3) is 8.06. The van der Waals surface area contributed by atoms with E-state index in [1.165, 1.54) is 18.4 Å². The fourth-order valence-corrected chi connectivity index (χ4v) is 6.37. The van der Waals surface area contributed by atoms with Gasteiger partial charge < -0.3 is 24.2 Å². The third-order valence-corrected chi connectivity index (χ3v) is 8.75. The largest absolute Gasteiger partial charge is 0.378 e. The number of hydrogen-bond acceptors (Lipinski definition) is 11. The maximum absolute atomic E-state index is 11.9. The number of aromatic nitrogens is 6. The molecule has 254 valence electrons. The molecule has 48 heavy (non-hydrogen) atoms. The van der Waals surface area contributed by atoms with Gasteiger partial charge in [0.25, 0.3) is 5.56 Å². The van der Waals surface area contributed by atoms with Crippen molar-refractivity contribution in [1.82, 2.24) is 29.9 Å². The van der Waals surface area contributed by atoms with Crippen LogP contribution in [0.15, 0.2) is 72.0 Å². The molecule has 8 rings (SSSR count). The van der Waals surface area contributed by atoms with Crippen LogP contribution in [0.5, 0.6) is 0 Å². The summed E-state index contributed by atoms with van der Waals surface area (Å²) < 4.78 is 10.8. The monoisotopic (exact) mass is 653 g/mol. The van der Waals surface area contributed by atoms with Crippen LogP contribution in [0.3, 0.4) is 0 Å². The first kappa shape index (κ1) is 34.6. The summed E-state index contributed by atoms with van der Waals surface area (Å²) in [6.45, 7) is 8.02. The summed E-state index contributed by atoms with van der Waals surface area (Å²) in [4.78, 5) is 43.9. The zero-order valence-corrected chi connectivity index (χ0v) is 25.9. The Hall–Kier alpha value is -4.68. The summed E-state index contributed by atoms with van der Waals surface area (Å²) in [7, 11) is 0. The van der Waals surface area contributed by atoms with Crippen molar-refractivity contribution < 1.29 is 9.47 Å². The highest BCUT2D eigenvalue weighted by molar-refractivity contribution is 5.90. The molecule has 5 aromatic rings. The summed E-state index contributed by atoms with van der Waals surface area (Å²) >= 11 is 0. The Kier molecular flexibility index (Phi) is 11.9. The number of anilines is 3. The van der Waals surface area contributed by atoms with Crippen molar-refractivity contribution >= 4 is 39.5 Å². The van der Waals surface area contributed by atoms with E-state index in [0.717, 1.165) is 81.6 Å². The predicted octanol–water partition coefficient (Wildman–Crippen LogP) is 4.75. The van der Waals surface area contributed by atoms with Crippen molar-refractivity contribution in [2.45, 2.75) is 34.1 Å². The van der Waals surface area contributed by atoms with Gasteiger partial charge in [-0.05, 0) is 42.9 Å². The Bertz CT molecular complexity index is 1810. The topological polar surface area (TPSA) is 125 Å². The van der Waals surface area contributed by atoms with Crippen molar-refractivity contribution in [2.24, 2.45) is 5.92 Å². The van der Waals surface area contributed by atoms with Crippen LogP contribution in [-0.4, -0.2) is 95.6 Å². The molecular weight excluding hydrogens is 606 g/mol. The second kappa shape index (κ2) is 16.4. The van der Waals surface area contributed by atoms with Gasteiger partial charge in [-0.15, -0.1) is 0 Å². The lowest BCUT2D eigenvalue weighted by Gasteiger charge is -2.35. The summed E-state index contributed by atoms with van der Waals surface area (Å²) in [6, 6.07) is 14.6. The number of piperidine rings is 1. The average molecular weight is 654 g/mol. The van der Waals surface area contributed by atoms with E-state index in [9.17, 15) is 4.79 Å². The van der Waals surface area contributed by atoms with E-state index >= 15 is 0 Å². The van der Waals surface area contributed by atoms with Crippen LogP contribution < -0.4 is 20.3 Å². The van der Waals surface area contributed by atoms with Crippen molar-refractivity contribution in [3.8, 4) is 0 Å². The molecule has 1 atom stereocenters. The molecular formula is C36H47N9O3. The molecule has 12 heteroatoms. The van der Waals surface area contributed by atoms with Crippen molar-refractivity contribution in [2.75, 3.05) is 80.4 Å². The van der Waals surface area contributed by atoms with E-state index in [1.807, 2.05) is 17.3 Å². The van der Waals surface area contributed by atoms with Crippen molar-refractivity contribution in [3.63, 3.8) is 0 Å². The zero-order chi connectivity index (χ0) is 31.1. The number of benzene rings is 1. The lowest BCUT2D eigenvalue weighted by Crippen LogP contribution is -2.39. The molecule has 1 aromatic carbocycles. The quantitative estimate of drug-likeness (QED) is 0.283. The van der Waals surface area contributed by atoms with Crippen LogP contribution in [0.4, 0.5) is 17.7 Å². The number of fused-ring (bicyclic) bond motifs is 2. The van der Waals surface area contributed by atoms with Gasteiger partial charge in [0, 0.05) is 57.0 Å². The van der Waals surface area contributed by atoms with Crippen molar-refractivity contribution in [1.29, 1.82) is 0 Å². The average Bonchev–Trinajstić information content (AvgIpc) is 3.13. The third-order valence-electron chi connectivity index (χ3n) is 8.75. The fraction of sp³-hybridized carbons (Fsp3) is 0.444. The van der Waals surface area contributed by atoms with Crippen molar-refractivity contribution in [3.05, 3.63) is 83.2 Å². The van der Waals surface area contributed by atoms with E-state index in [0.29, 0.717) is 36.0 Å². The molecule has 0 amide bonds. The van der Waals surface area contributed by atoms with E-state index in [-0.39, 0.29) is 20.4 Å². The number of hydrogen-bond donors (Lipinski definition) is 1. The molecule has 3 fully saturated rings. The normalized spacial score (nSPS) is 18.0. The standard InChI is InChI=1S/C23H27N5O.C11H12N4O2.2CH4/c1-2-5-18(6-3-1)15-19-7-4-10-28(17-19)22-20-8-9-24-16-21(20)25-23(26-22)27-11-13-29-14-12-27;16-10-8-1-2-12-7-9(8)13-11(14-10)15-3-5-17-6-4-15;;/h1-3,5-6,8-9,16,19H,4,7,10-15,17H2;1-2,7H,3-6H2,(H,13,14,16);2*1H4/t19-;;;/m0.../s1. The van der Waals surface area contributed by atoms with Crippen LogP contribution in [-0.2, 0) is 15.9 Å². The second-order valence-corrected chi connectivity index (χ2v) is 11.9. The van der Waals surface area contributed by atoms with Gasteiger partial charge in [0.1, 0.15) is 5.82 Å². The first-order chi connectivity index (χ1) is 22.7. The Morgan fingerprint density at radius 2 is 1.38 bits per heavy atom. The molecule has 3 aliphatic heterocycles. The minimum absolute atomic E-state index is 0. The summed E-state index contributed by atoms with van der Waals surface area (Å²) in [6.07, 6.45) is 10.5. The summed E-state index contributed by atoms with van der Waals surface area (Å²) in [5, 5.41) is 1.66. The molecule has 0 spiro atoms. The van der Waals surface area contributed by atoms with E-state index in [1.54, 1.807) is 18.5 Å². The van der Waals surface area contributed by atoms with Gasteiger partial charge in [0.15, 0.2) is 0 Å². The summed E-state index contributed by atoms with van der Waals surface area (Å²) in [5.41, 5.74) is 2.84. The predicted molar refractivity (Wildman–Crippen MR) is 192 cm³/mol. The number of H-pyrrole nitrogens is 1. The van der Waals surface area contributed by atoms with Crippen LogP contribution >= 0.6 is 0 Å². The molecule has 12 nitrogen and oxygen atoms in total. The minimum atomic E-state index is -0.126. The van der Waals surface area contributed by atoms with Gasteiger partial charge in [-0.3, -0.25) is 19.7 Å². The number of rotatable bonds is 5. The van der Waals surface area contributed by atoms with Crippen LogP contribution in [0.25, 0.3) is 21.8 Å². The Balaban J connectivity index is 0.000000204. The Morgan fingerprint density at radius 1 is 0.729 bits per heavy atom. The molecule has 1 N–H and O–H groups in total. The van der Waals surface area contributed by atoms with E-state index in [4.69, 9.17) is 19.4 Å². The smallest absolute Gasteiger partial charge is 0.260 e. The van der Waals surface area contributed by atoms with Gasteiger partial charge >= 0.3 is 0 Å². The number of nitrogens with zero attached hydrogens (tertiary/aromatic N) is 8. The number of pyridine rings is 2. The van der Waals surface area contributed by atoms with Crippen LogP contribution in [0.1, 0.15) is 33.3 Å². The van der Waals surface area contributed by atoms with Gasteiger partial charge in [-0.2, -0.15) is 4.98 Å². The number of ether oxygens (including phenoxy) is 2. The highest BCUT2D eigenvalue weighted by atomic mass is 16.5. The highest BCUT2D eigenvalue weighted by Gasteiger charge is 2.25. The number of nitrogens with one attached hydrogen (secondary N) is 1. The highest BCUT2D eigenvalue weighted by Crippen LogP contribution is 2.31. The SMILES string of the molecule is C.C.O=c1[nH]c(N2CCOCC2)nc2cnccc12.c1ccc(C[C@@H]2CCCN(c3nc(N4CCOCC4)nc4cnccc34)C2)cc1. The first-order valence-corrected chi connectivity index (χ1v) is 16.1. The molecule has 0 unspecified atom stereocenters. The number of morpholine rings is 2. The van der Waals surface area contributed by atoms with Gasteiger partial charge in [0.05, 0.1) is 55.2 Å². The van der Waals surface area contributed by atoms with E-state index < -0.39 is 0 Å². The lowest BCUT2D eigenvalue weighted by atomic mass is 9.91. The molecule has 0 aliphatic carbocycles.